The SMILES string of the molecule is CCOc1ccc(S(=O)(=O)N2CCCC2C(=O)Nc2ccc(OCC)cc2[N+](=O)[O-])cc1. The molecule has 2 aromatic rings. The molecule has 1 aliphatic heterocycles. The molecule has 0 aromatic heterocycles. The van der Waals surface area contributed by atoms with E-state index >= 15 is 0 Å². The van der Waals surface area contributed by atoms with Crippen molar-refractivity contribution < 1.29 is 27.6 Å². The van der Waals surface area contributed by atoms with E-state index in [0.29, 0.717) is 37.6 Å². The molecule has 11 heteroatoms. The van der Waals surface area contributed by atoms with Gasteiger partial charge in [0, 0.05) is 6.54 Å². The summed E-state index contributed by atoms with van der Waals surface area (Å²) in [5, 5.41) is 14.0. The van der Waals surface area contributed by atoms with Crippen LogP contribution in [0.25, 0.3) is 0 Å². The molecule has 1 saturated heterocycles. The number of nitro groups is 1. The van der Waals surface area contributed by atoms with Crippen molar-refractivity contribution in [3.05, 3.63) is 52.6 Å². The van der Waals surface area contributed by atoms with E-state index in [1.165, 1.54) is 30.3 Å². The molecule has 1 fully saturated rings. The van der Waals surface area contributed by atoms with Gasteiger partial charge < -0.3 is 14.8 Å². The zero-order valence-corrected chi connectivity index (χ0v) is 18.6. The number of ether oxygens (including phenoxy) is 2. The molecule has 2 aromatic carbocycles. The summed E-state index contributed by atoms with van der Waals surface area (Å²) in [7, 11) is -3.93. The van der Waals surface area contributed by atoms with Gasteiger partial charge in [-0.2, -0.15) is 4.31 Å². The Hall–Kier alpha value is -3.18. The van der Waals surface area contributed by atoms with Gasteiger partial charge in [0.1, 0.15) is 23.2 Å². The number of benzene rings is 2. The van der Waals surface area contributed by atoms with E-state index in [-0.39, 0.29) is 22.8 Å². The summed E-state index contributed by atoms with van der Waals surface area (Å²) in [6.07, 6.45) is 0.812. The molecule has 1 amide bonds. The van der Waals surface area contributed by atoms with Crippen LogP contribution in [0.2, 0.25) is 0 Å². The lowest BCUT2D eigenvalue weighted by Gasteiger charge is -2.23. The molecule has 1 heterocycles. The average molecular weight is 464 g/mol. The maximum absolute atomic E-state index is 13.1. The molecule has 1 atom stereocenters. The predicted octanol–water partition coefficient (Wildman–Crippen LogP) is 3.18. The highest BCUT2D eigenvalue weighted by Gasteiger charge is 2.40. The Morgan fingerprint density at radius 3 is 2.38 bits per heavy atom. The number of nitro benzene ring substituents is 1. The van der Waals surface area contributed by atoms with Gasteiger partial charge in [0.25, 0.3) is 5.69 Å². The third kappa shape index (κ3) is 5.00. The van der Waals surface area contributed by atoms with E-state index in [4.69, 9.17) is 9.47 Å². The predicted molar refractivity (Wildman–Crippen MR) is 117 cm³/mol. The van der Waals surface area contributed by atoms with Crippen molar-refractivity contribution >= 4 is 27.3 Å². The molecule has 3 rings (SSSR count). The number of sulfonamides is 1. The van der Waals surface area contributed by atoms with E-state index in [2.05, 4.69) is 5.32 Å². The van der Waals surface area contributed by atoms with E-state index in [1.807, 2.05) is 6.92 Å². The number of rotatable bonds is 9. The van der Waals surface area contributed by atoms with E-state index in [0.717, 1.165) is 4.31 Å². The van der Waals surface area contributed by atoms with Crippen molar-refractivity contribution in [2.75, 3.05) is 25.1 Å². The molecule has 0 saturated carbocycles. The average Bonchev–Trinajstić information content (AvgIpc) is 3.26. The molecule has 1 unspecified atom stereocenters. The zero-order valence-electron chi connectivity index (χ0n) is 17.8. The minimum Gasteiger partial charge on any atom is -0.494 e. The Labute approximate surface area is 186 Å². The fourth-order valence-electron chi connectivity index (χ4n) is 3.54. The fourth-order valence-corrected chi connectivity index (χ4v) is 5.20. The van der Waals surface area contributed by atoms with Crippen LogP contribution in [0.1, 0.15) is 26.7 Å². The molecule has 10 nitrogen and oxygen atoms in total. The number of hydrogen-bond donors (Lipinski definition) is 1. The largest absolute Gasteiger partial charge is 0.494 e. The van der Waals surface area contributed by atoms with Crippen LogP contribution in [0.15, 0.2) is 47.4 Å². The Bertz CT molecular complexity index is 1090. The molecule has 0 bridgehead atoms. The van der Waals surface area contributed by atoms with Gasteiger partial charge in [0.05, 0.1) is 29.1 Å². The van der Waals surface area contributed by atoms with E-state index < -0.39 is 26.9 Å². The van der Waals surface area contributed by atoms with Crippen molar-refractivity contribution in [2.45, 2.75) is 37.6 Å². The van der Waals surface area contributed by atoms with E-state index in [9.17, 15) is 23.3 Å². The summed E-state index contributed by atoms with van der Waals surface area (Å²) >= 11 is 0. The number of hydrogen-bond acceptors (Lipinski definition) is 7. The molecule has 172 valence electrons. The first kappa shape index (κ1) is 23.5. The summed E-state index contributed by atoms with van der Waals surface area (Å²) < 4.78 is 38.0. The van der Waals surface area contributed by atoms with Crippen LogP contribution in [0.4, 0.5) is 11.4 Å². The van der Waals surface area contributed by atoms with Crippen LogP contribution >= 0.6 is 0 Å². The van der Waals surface area contributed by atoms with Gasteiger partial charge in [-0.3, -0.25) is 14.9 Å². The summed E-state index contributed by atoms with van der Waals surface area (Å²) in [6, 6.07) is 9.13. The summed E-state index contributed by atoms with van der Waals surface area (Å²) in [6.45, 7) is 4.55. The second-order valence-corrected chi connectivity index (χ2v) is 8.93. The first-order valence-corrected chi connectivity index (χ1v) is 11.7. The summed E-state index contributed by atoms with van der Waals surface area (Å²) in [4.78, 5) is 23.8. The first-order valence-electron chi connectivity index (χ1n) is 10.2. The molecule has 1 N–H and O–H groups in total. The fraction of sp³-hybridized carbons (Fsp3) is 0.381. The lowest BCUT2D eigenvalue weighted by molar-refractivity contribution is -0.384. The number of carbonyl (C=O) groups excluding carboxylic acids is 1. The molecular weight excluding hydrogens is 438 g/mol. The number of carbonyl (C=O) groups is 1. The van der Waals surface area contributed by atoms with Gasteiger partial charge in [0.15, 0.2) is 0 Å². The van der Waals surface area contributed by atoms with Crippen LogP contribution in [0, 0.1) is 10.1 Å². The number of nitrogens with one attached hydrogen (secondary N) is 1. The lowest BCUT2D eigenvalue weighted by atomic mass is 10.2. The Balaban J connectivity index is 1.82. The summed E-state index contributed by atoms with van der Waals surface area (Å²) in [5.74, 6) is 0.229. The van der Waals surface area contributed by atoms with Crippen LogP contribution in [-0.4, -0.2) is 49.4 Å². The highest BCUT2D eigenvalue weighted by Crippen LogP contribution is 2.32. The third-order valence-corrected chi connectivity index (χ3v) is 6.90. The smallest absolute Gasteiger partial charge is 0.296 e. The monoisotopic (exact) mass is 463 g/mol. The normalized spacial score (nSPS) is 16.5. The Morgan fingerprint density at radius 2 is 1.75 bits per heavy atom. The highest BCUT2D eigenvalue weighted by molar-refractivity contribution is 7.89. The van der Waals surface area contributed by atoms with Gasteiger partial charge in [0.2, 0.25) is 15.9 Å². The molecular formula is C21H25N3O7S. The number of amides is 1. The van der Waals surface area contributed by atoms with Crippen molar-refractivity contribution in [3.8, 4) is 11.5 Å². The zero-order chi connectivity index (χ0) is 23.3. The number of anilines is 1. The molecule has 0 aliphatic carbocycles. The first-order chi connectivity index (χ1) is 15.3. The van der Waals surface area contributed by atoms with Gasteiger partial charge in [-0.15, -0.1) is 0 Å². The Morgan fingerprint density at radius 1 is 1.12 bits per heavy atom. The van der Waals surface area contributed by atoms with Gasteiger partial charge in [-0.1, -0.05) is 0 Å². The van der Waals surface area contributed by atoms with Crippen LogP contribution in [-0.2, 0) is 14.8 Å². The number of nitrogens with zero attached hydrogens (tertiary/aromatic N) is 2. The van der Waals surface area contributed by atoms with Crippen molar-refractivity contribution in [3.63, 3.8) is 0 Å². The third-order valence-electron chi connectivity index (χ3n) is 4.98. The minimum absolute atomic E-state index is 0.0197. The second kappa shape index (κ2) is 9.96. The van der Waals surface area contributed by atoms with Crippen molar-refractivity contribution in [2.24, 2.45) is 0 Å². The second-order valence-electron chi connectivity index (χ2n) is 7.04. The molecule has 32 heavy (non-hydrogen) atoms. The quantitative estimate of drug-likeness (QED) is 0.447. The summed E-state index contributed by atoms with van der Waals surface area (Å²) in [5.41, 5.74) is -0.350. The van der Waals surface area contributed by atoms with Gasteiger partial charge in [-0.05, 0) is 63.1 Å². The van der Waals surface area contributed by atoms with Crippen LogP contribution < -0.4 is 14.8 Å². The van der Waals surface area contributed by atoms with Crippen molar-refractivity contribution in [1.29, 1.82) is 0 Å². The lowest BCUT2D eigenvalue weighted by Crippen LogP contribution is -2.43. The highest BCUT2D eigenvalue weighted by atomic mass is 32.2. The maximum atomic E-state index is 13.1. The Kier molecular flexibility index (Phi) is 7.31. The van der Waals surface area contributed by atoms with E-state index in [1.54, 1.807) is 19.1 Å². The standard InChI is InChI=1S/C21H25N3O7S/c1-3-30-15-7-10-17(11-8-15)32(28,29)23-13-5-6-19(23)21(25)22-18-12-9-16(31-4-2)14-20(18)24(26)27/h7-12,14,19H,3-6,13H2,1-2H3,(H,22,25). The molecule has 0 spiro atoms. The molecule has 0 radical (unpaired) electrons. The van der Waals surface area contributed by atoms with Gasteiger partial charge >= 0.3 is 0 Å². The topological polar surface area (TPSA) is 128 Å². The van der Waals surface area contributed by atoms with Crippen LogP contribution in [0.5, 0.6) is 11.5 Å². The van der Waals surface area contributed by atoms with Crippen LogP contribution in [0.3, 0.4) is 0 Å². The maximum Gasteiger partial charge on any atom is 0.296 e. The van der Waals surface area contributed by atoms with Gasteiger partial charge in [-0.25, -0.2) is 8.42 Å². The molecule has 1 aliphatic rings. The van der Waals surface area contributed by atoms with Crippen molar-refractivity contribution in [1.82, 2.24) is 4.31 Å². The minimum atomic E-state index is -3.93.